The second kappa shape index (κ2) is 11.3. The van der Waals surface area contributed by atoms with Gasteiger partial charge in [0, 0.05) is 55.7 Å². The maximum atomic E-state index is 11.6. The largest absolute Gasteiger partial charge is 0.358 e. The Morgan fingerprint density at radius 1 is 1.29 bits per heavy atom. The molecule has 1 fully saturated rings. The normalized spacial score (nSPS) is 14.4. The minimum Gasteiger partial charge on any atom is -0.358 e. The molecule has 0 bridgehead atoms. The Balaban J connectivity index is 0.00000280. The summed E-state index contributed by atoms with van der Waals surface area (Å²) in [5.74, 6) is 1.14. The van der Waals surface area contributed by atoms with Crippen molar-refractivity contribution in [2.45, 2.75) is 39.5 Å². The van der Waals surface area contributed by atoms with Gasteiger partial charge in [-0.3, -0.25) is 9.79 Å². The molecule has 0 spiro atoms. The lowest BCUT2D eigenvalue weighted by molar-refractivity contribution is -0.127. The summed E-state index contributed by atoms with van der Waals surface area (Å²) in [6, 6.07) is 8.44. The van der Waals surface area contributed by atoms with Gasteiger partial charge in [-0.05, 0) is 44.7 Å². The number of aromatic nitrogens is 1. The van der Waals surface area contributed by atoms with Gasteiger partial charge < -0.3 is 20.5 Å². The summed E-state index contributed by atoms with van der Waals surface area (Å²) in [7, 11) is 0. The van der Waals surface area contributed by atoms with Crippen molar-refractivity contribution in [3.05, 3.63) is 35.5 Å². The predicted octanol–water partition coefficient (Wildman–Crippen LogP) is 3.20. The number of carbonyl (C=O) groups excluding carboxylic acids is 1. The van der Waals surface area contributed by atoms with Crippen LogP contribution in [0.1, 0.15) is 37.4 Å². The summed E-state index contributed by atoms with van der Waals surface area (Å²) in [5, 5.41) is 8.03. The number of nitrogens with one attached hydrogen (secondary N) is 3. The van der Waals surface area contributed by atoms with Gasteiger partial charge in [0.25, 0.3) is 0 Å². The molecule has 1 aromatic heterocycles. The molecule has 2 heterocycles. The summed E-state index contributed by atoms with van der Waals surface area (Å²) in [4.78, 5) is 21.7. The Bertz CT molecular complexity index is 801. The minimum absolute atomic E-state index is 0. The molecule has 0 aliphatic carbocycles. The van der Waals surface area contributed by atoms with Crippen molar-refractivity contribution in [3.8, 4) is 0 Å². The number of aryl methyl sites for hydroxylation is 1. The Morgan fingerprint density at radius 3 is 2.86 bits per heavy atom. The van der Waals surface area contributed by atoms with E-state index in [1.54, 1.807) is 0 Å². The van der Waals surface area contributed by atoms with Crippen molar-refractivity contribution in [1.82, 2.24) is 20.5 Å². The van der Waals surface area contributed by atoms with Crippen LogP contribution in [0.25, 0.3) is 10.9 Å². The molecule has 0 unspecified atom stereocenters. The van der Waals surface area contributed by atoms with Crippen molar-refractivity contribution >= 4 is 46.7 Å². The van der Waals surface area contributed by atoms with Gasteiger partial charge in [0.2, 0.25) is 5.91 Å². The first-order chi connectivity index (χ1) is 13.2. The van der Waals surface area contributed by atoms with E-state index >= 15 is 0 Å². The van der Waals surface area contributed by atoms with Crippen LogP contribution in [0.2, 0.25) is 0 Å². The molecule has 3 rings (SSSR count). The van der Waals surface area contributed by atoms with E-state index in [4.69, 9.17) is 0 Å². The van der Waals surface area contributed by atoms with E-state index in [9.17, 15) is 4.79 Å². The monoisotopic (exact) mass is 497 g/mol. The van der Waals surface area contributed by atoms with Crippen LogP contribution in [0.3, 0.4) is 0 Å². The molecular formula is C21H32IN5O. The van der Waals surface area contributed by atoms with Crippen LogP contribution < -0.4 is 10.6 Å². The number of nitrogens with zero attached hydrogens (tertiary/aromatic N) is 2. The number of aliphatic imine (C=N–C) groups is 1. The quantitative estimate of drug-likeness (QED) is 0.227. The van der Waals surface area contributed by atoms with Crippen molar-refractivity contribution < 1.29 is 4.79 Å². The molecule has 1 aliphatic rings. The van der Waals surface area contributed by atoms with Gasteiger partial charge >= 0.3 is 0 Å². The number of hydrogen-bond donors (Lipinski definition) is 3. The number of hydrogen-bond acceptors (Lipinski definition) is 2. The predicted molar refractivity (Wildman–Crippen MR) is 127 cm³/mol. The van der Waals surface area contributed by atoms with Crippen LogP contribution >= 0.6 is 24.0 Å². The Hall–Kier alpha value is -1.77. The molecule has 0 saturated carbocycles. The SMILES string of the molecule is CCNC(=NCCCN1CCCC1=O)NCCc1c(C)[nH]c2ccccc12.I. The molecule has 3 N–H and O–H groups in total. The van der Waals surface area contributed by atoms with E-state index < -0.39 is 0 Å². The van der Waals surface area contributed by atoms with Gasteiger partial charge in [-0.25, -0.2) is 0 Å². The summed E-state index contributed by atoms with van der Waals surface area (Å²) in [5.41, 5.74) is 3.79. The van der Waals surface area contributed by atoms with Gasteiger partial charge in [-0.15, -0.1) is 24.0 Å². The molecule has 0 radical (unpaired) electrons. The molecule has 0 atom stereocenters. The lowest BCUT2D eigenvalue weighted by Crippen LogP contribution is -2.38. The fourth-order valence-electron chi connectivity index (χ4n) is 3.70. The molecule has 1 aliphatic heterocycles. The molecule has 28 heavy (non-hydrogen) atoms. The zero-order chi connectivity index (χ0) is 19.1. The molecule has 1 amide bonds. The Morgan fingerprint density at radius 2 is 2.11 bits per heavy atom. The molecule has 1 saturated heterocycles. The zero-order valence-electron chi connectivity index (χ0n) is 16.9. The third-order valence-corrected chi connectivity index (χ3v) is 5.07. The van der Waals surface area contributed by atoms with E-state index in [1.807, 2.05) is 4.90 Å². The van der Waals surface area contributed by atoms with Gasteiger partial charge in [0.1, 0.15) is 0 Å². The highest BCUT2D eigenvalue weighted by molar-refractivity contribution is 14.0. The first-order valence-corrected chi connectivity index (χ1v) is 10.0. The third kappa shape index (κ3) is 5.86. The molecule has 154 valence electrons. The topological polar surface area (TPSA) is 72.5 Å². The number of benzene rings is 1. The van der Waals surface area contributed by atoms with Crippen molar-refractivity contribution in [2.24, 2.45) is 4.99 Å². The maximum absolute atomic E-state index is 11.6. The van der Waals surface area contributed by atoms with Crippen LogP contribution in [0.15, 0.2) is 29.3 Å². The number of amides is 1. The number of H-pyrrole nitrogens is 1. The molecule has 6 nitrogen and oxygen atoms in total. The zero-order valence-corrected chi connectivity index (χ0v) is 19.2. The highest BCUT2D eigenvalue weighted by Crippen LogP contribution is 2.21. The average molecular weight is 497 g/mol. The van der Waals surface area contributed by atoms with Gasteiger partial charge in [-0.2, -0.15) is 0 Å². The smallest absolute Gasteiger partial charge is 0.222 e. The van der Waals surface area contributed by atoms with Crippen LogP contribution in [-0.2, 0) is 11.2 Å². The van der Waals surface area contributed by atoms with Crippen molar-refractivity contribution in [2.75, 3.05) is 32.7 Å². The van der Waals surface area contributed by atoms with Gasteiger partial charge in [-0.1, -0.05) is 18.2 Å². The number of guanidine groups is 1. The van der Waals surface area contributed by atoms with E-state index in [2.05, 4.69) is 58.7 Å². The number of aromatic amines is 1. The first kappa shape index (κ1) is 22.5. The van der Waals surface area contributed by atoms with E-state index in [0.717, 1.165) is 57.9 Å². The molecular weight excluding hydrogens is 465 g/mol. The van der Waals surface area contributed by atoms with Crippen LogP contribution in [-0.4, -0.2) is 54.5 Å². The third-order valence-electron chi connectivity index (χ3n) is 5.07. The van der Waals surface area contributed by atoms with Crippen LogP contribution in [0, 0.1) is 6.92 Å². The van der Waals surface area contributed by atoms with E-state index in [1.165, 1.54) is 22.2 Å². The van der Waals surface area contributed by atoms with Crippen LogP contribution in [0.5, 0.6) is 0 Å². The summed E-state index contributed by atoms with van der Waals surface area (Å²) in [6.07, 6.45) is 3.56. The fraction of sp³-hybridized carbons (Fsp3) is 0.524. The number of rotatable bonds is 8. The van der Waals surface area contributed by atoms with Gasteiger partial charge in [0.05, 0.1) is 0 Å². The van der Waals surface area contributed by atoms with E-state index in [-0.39, 0.29) is 29.9 Å². The molecule has 1 aromatic carbocycles. The maximum Gasteiger partial charge on any atom is 0.222 e. The fourth-order valence-corrected chi connectivity index (χ4v) is 3.70. The van der Waals surface area contributed by atoms with Crippen molar-refractivity contribution in [3.63, 3.8) is 0 Å². The second-order valence-corrected chi connectivity index (χ2v) is 7.05. The van der Waals surface area contributed by atoms with E-state index in [0.29, 0.717) is 6.42 Å². The molecule has 2 aromatic rings. The average Bonchev–Trinajstić information content (AvgIpc) is 3.21. The summed E-state index contributed by atoms with van der Waals surface area (Å²) in [6.45, 7) is 8.33. The number of para-hydroxylation sites is 1. The van der Waals surface area contributed by atoms with Crippen molar-refractivity contribution in [1.29, 1.82) is 0 Å². The van der Waals surface area contributed by atoms with Crippen LogP contribution in [0.4, 0.5) is 0 Å². The standard InChI is InChI=1S/C21H31N5O.HI/c1-3-22-21(23-12-7-15-26-14-6-10-20(26)27)24-13-11-17-16(2)25-19-9-5-4-8-18(17)19;/h4-5,8-9,25H,3,6-7,10-15H2,1-2H3,(H2,22,23,24);1H. The summed E-state index contributed by atoms with van der Waals surface area (Å²) < 4.78 is 0. The lowest BCUT2D eigenvalue weighted by atomic mass is 10.1. The summed E-state index contributed by atoms with van der Waals surface area (Å²) >= 11 is 0. The minimum atomic E-state index is 0. The Labute approximate surface area is 184 Å². The number of carbonyl (C=O) groups is 1. The lowest BCUT2D eigenvalue weighted by Gasteiger charge is -2.15. The second-order valence-electron chi connectivity index (χ2n) is 7.05. The number of halogens is 1. The first-order valence-electron chi connectivity index (χ1n) is 10.0. The Kier molecular flexibility index (Phi) is 9.08. The number of likely N-dealkylation sites (tertiary alicyclic amines) is 1. The highest BCUT2D eigenvalue weighted by Gasteiger charge is 2.18. The molecule has 7 heteroatoms. The number of fused-ring (bicyclic) bond motifs is 1. The highest BCUT2D eigenvalue weighted by atomic mass is 127. The van der Waals surface area contributed by atoms with Gasteiger partial charge in [0.15, 0.2) is 5.96 Å².